The zero-order valence-corrected chi connectivity index (χ0v) is 23.2. The summed E-state index contributed by atoms with van der Waals surface area (Å²) >= 11 is 6.00. The van der Waals surface area contributed by atoms with E-state index in [1.165, 1.54) is 0 Å². The molecule has 0 bridgehead atoms. The number of rotatable bonds is 7. The summed E-state index contributed by atoms with van der Waals surface area (Å²) in [5.74, 6) is 0.0330. The van der Waals surface area contributed by atoms with Gasteiger partial charge in [0.25, 0.3) is 0 Å². The molecule has 4 rings (SSSR count). The number of halogens is 5. The lowest BCUT2D eigenvalue weighted by atomic mass is 9.86. The molecule has 0 fully saturated rings. The highest BCUT2D eigenvalue weighted by atomic mass is 35.5. The van der Waals surface area contributed by atoms with Crippen molar-refractivity contribution >= 4 is 23.1 Å². The third-order valence-corrected chi connectivity index (χ3v) is 6.24. The van der Waals surface area contributed by atoms with Crippen LogP contribution in [0.25, 0.3) is 0 Å². The number of hydrogen-bond donors (Lipinski definition) is 2. The summed E-state index contributed by atoms with van der Waals surface area (Å²) in [4.78, 5) is 8.47. The first-order chi connectivity index (χ1) is 19.6. The molecule has 0 saturated heterocycles. The number of nitrogens with zero attached hydrogens (tertiary/aromatic N) is 2. The highest BCUT2D eigenvalue weighted by Crippen LogP contribution is 2.34. The number of aromatic nitrogens is 1. The Kier molecular flexibility index (Phi) is 12.9. The van der Waals surface area contributed by atoms with Crippen LogP contribution in [0.5, 0.6) is 0 Å². The molecule has 1 aliphatic heterocycles. The van der Waals surface area contributed by atoms with Crippen molar-refractivity contribution in [2.75, 3.05) is 11.2 Å². The van der Waals surface area contributed by atoms with Gasteiger partial charge in [-0.2, -0.15) is 13.2 Å². The number of allylic oxidation sites excluding steroid dienone is 3. The minimum absolute atomic E-state index is 0.00598. The average molecular weight is 583 g/mol. The molecule has 41 heavy (non-hydrogen) atoms. The lowest BCUT2D eigenvalue weighted by Crippen LogP contribution is -2.16. The standard InChI is InChI=1S/C23H20ClF4N.C7H9N3.C2H2/c1-15-14-29-22(8-7-17(15)13-24)21(9-16-5-3-2-4-6-16)18-10-19(23(26,27)28)12-20(25)11-18;1-6(8)10-7-4-2-3-5-9-7;1-2/h2-8,10-12,14,17,21H,9,13H2,1H3;2-5H,1,8H2,(H,9,10);1-2H. The van der Waals surface area contributed by atoms with Crippen molar-refractivity contribution in [2.24, 2.45) is 16.6 Å². The molecule has 0 spiro atoms. The van der Waals surface area contributed by atoms with Crippen molar-refractivity contribution in [3.63, 3.8) is 0 Å². The summed E-state index contributed by atoms with van der Waals surface area (Å²) < 4.78 is 53.9. The van der Waals surface area contributed by atoms with Crippen LogP contribution < -0.4 is 11.1 Å². The number of nitrogens with one attached hydrogen (secondary N) is 1. The van der Waals surface area contributed by atoms with E-state index >= 15 is 0 Å². The first kappa shape index (κ1) is 32.9. The smallest absolute Gasteiger partial charge is 0.386 e. The van der Waals surface area contributed by atoms with E-state index in [4.69, 9.17) is 17.3 Å². The molecule has 3 N–H and O–H groups in total. The van der Waals surface area contributed by atoms with Gasteiger partial charge in [0.05, 0.1) is 11.4 Å². The second kappa shape index (κ2) is 16.0. The molecular weight excluding hydrogens is 552 g/mol. The summed E-state index contributed by atoms with van der Waals surface area (Å²) in [5, 5.41) is 2.78. The fourth-order valence-electron chi connectivity index (χ4n) is 3.88. The molecule has 1 aromatic heterocycles. The number of anilines is 1. The summed E-state index contributed by atoms with van der Waals surface area (Å²) in [6.07, 6.45) is 10.8. The van der Waals surface area contributed by atoms with Crippen LogP contribution in [0.4, 0.5) is 23.4 Å². The third kappa shape index (κ3) is 10.6. The molecule has 0 radical (unpaired) electrons. The van der Waals surface area contributed by atoms with Gasteiger partial charge in [0.15, 0.2) is 0 Å². The van der Waals surface area contributed by atoms with Gasteiger partial charge >= 0.3 is 6.18 Å². The van der Waals surface area contributed by atoms with Crippen LogP contribution in [0.15, 0.2) is 114 Å². The van der Waals surface area contributed by atoms with Crippen molar-refractivity contribution < 1.29 is 17.6 Å². The molecule has 2 aromatic carbocycles. The summed E-state index contributed by atoms with van der Waals surface area (Å²) in [7, 11) is 0. The molecule has 2 heterocycles. The van der Waals surface area contributed by atoms with Crippen LogP contribution in [-0.4, -0.2) is 16.6 Å². The Morgan fingerprint density at radius 3 is 2.37 bits per heavy atom. The largest absolute Gasteiger partial charge is 0.416 e. The van der Waals surface area contributed by atoms with Crippen molar-refractivity contribution in [1.82, 2.24) is 4.98 Å². The Hall–Kier alpha value is -4.35. The first-order valence-corrected chi connectivity index (χ1v) is 13.0. The van der Waals surface area contributed by atoms with Gasteiger partial charge in [0.1, 0.15) is 11.6 Å². The molecule has 214 valence electrons. The van der Waals surface area contributed by atoms with Gasteiger partial charge in [-0.1, -0.05) is 49.1 Å². The van der Waals surface area contributed by atoms with E-state index in [-0.39, 0.29) is 11.5 Å². The second-order valence-electron chi connectivity index (χ2n) is 8.93. The Morgan fingerprint density at radius 2 is 1.78 bits per heavy atom. The number of alkyl halides is 4. The SMILES string of the molecule is C#C.C=C(N)Nc1ccccn1.CC1=CN=C(C(Cc2ccccc2)c2cc(F)cc(C(F)(F)F)c2)C=CC1CCl. The number of pyridine rings is 1. The molecule has 3 aromatic rings. The van der Waals surface area contributed by atoms with E-state index in [1.807, 2.05) is 61.5 Å². The number of nitrogens with two attached hydrogens (primary N) is 1. The van der Waals surface area contributed by atoms with Crippen LogP contribution in [0.3, 0.4) is 0 Å². The maximum Gasteiger partial charge on any atom is 0.416 e. The number of hydrogen-bond acceptors (Lipinski definition) is 4. The van der Waals surface area contributed by atoms with E-state index in [9.17, 15) is 17.6 Å². The van der Waals surface area contributed by atoms with Crippen LogP contribution >= 0.6 is 11.6 Å². The Morgan fingerprint density at radius 1 is 1.10 bits per heavy atom. The van der Waals surface area contributed by atoms with Gasteiger partial charge in [-0.05, 0) is 66.5 Å². The van der Waals surface area contributed by atoms with Gasteiger partial charge in [-0.25, -0.2) is 9.37 Å². The molecule has 1 aliphatic rings. The highest BCUT2D eigenvalue weighted by molar-refractivity contribution is 6.18. The molecule has 0 saturated carbocycles. The van der Waals surface area contributed by atoms with E-state index in [0.717, 1.165) is 29.1 Å². The Balaban J connectivity index is 0.000000410. The van der Waals surface area contributed by atoms with Crippen LogP contribution in [-0.2, 0) is 12.6 Å². The molecule has 4 nitrogen and oxygen atoms in total. The van der Waals surface area contributed by atoms with Crippen molar-refractivity contribution in [1.29, 1.82) is 0 Å². The van der Waals surface area contributed by atoms with E-state index < -0.39 is 23.5 Å². The number of aliphatic imine (C=N–C) groups is 1. The maximum absolute atomic E-state index is 14.1. The second-order valence-corrected chi connectivity index (χ2v) is 9.23. The minimum atomic E-state index is -4.63. The van der Waals surface area contributed by atoms with E-state index in [2.05, 4.69) is 34.7 Å². The van der Waals surface area contributed by atoms with Crippen LogP contribution in [0.2, 0.25) is 0 Å². The third-order valence-electron chi connectivity index (χ3n) is 5.91. The molecule has 9 heteroatoms. The zero-order valence-electron chi connectivity index (χ0n) is 22.5. The lowest BCUT2D eigenvalue weighted by Gasteiger charge is -2.20. The fourth-order valence-corrected chi connectivity index (χ4v) is 4.23. The predicted octanol–water partition coefficient (Wildman–Crippen LogP) is 8.11. The first-order valence-electron chi connectivity index (χ1n) is 12.4. The fraction of sp³-hybridized carbons (Fsp3) is 0.188. The normalized spacial score (nSPS) is 15.0. The van der Waals surface area contributed by atoms with Gasteiger partial charge in [0.2, 0.25) is 0 Å². The maximum atomic E-state index is 14.1. The molecule has 0 amide bonds. The molecule has 2 atom stereocenters. The lowest BCUT2D eigenvalue weighted by molar-refractivity contribution is -0.137. The topological polar surface area (TPSA) is 63.3 Å². The number of benzene rings is 2. The number of terminal acetylenes is 1. The quantitative estimate of drug-likeness (QED) is 0.168. The molecular formula is C32H31ClF4N4. The Bertz CT molecular complexity index is 1380. The van der Waals surface area contributed by atoms with Crippen LogP contribution in [0, 0.1) is 24.6 Å². The van der Waals surface area contributed by atoms with Gasteiger partial charge in [0, 0.05) is 35.8 Å². The molecule has 2 unspecified atom stereocenters. The zero-order chi connectivity index (χ0) is 30.4. The van der Waals surface area contributed by atoms with Crippen molar-refractivity contribution in [2.45, 2.75) is 25.4 Å². The van der Waals surface area contributed by atoms with Gasteiger partial charge < -0.3 is 11.1 Å². The highest BCUT2D eigenvalue weighted by Gasteiger charge is 2.32. The average Bonchev–Trinajstić information content (AvgIpc) is 3.14. The molecule has 0 aliphatic carbocycles. The van der Waals surface area contributed by atoms with Gasteiger partial charge in [-0.15, -0.1) is 24.4 Å². The van der Waals surface area contributed by atoms with Crippen LogP contribution in [0.1, 0.15) is 29.5 Å². The monoisotopic (exact) mass is 582 g/mol. The van der Waals surface area contributed by atoms with Crippen molar-refractivity contribution in [3.8, 4) is 12.8 Å². The summed E-state index contributed by atoms with van der Waals surface area (Å²) in [6.45, 7) is 5.38. The predicted molar refractivity (Wildman–Crippen MR) is 160 cm³/mol. The summed E-state index contributed by atoms with van der Waals surface area (Å²) in [6, 6.07) is 17.6. The van der Waals surface area contributed by atoms with Gasteiger partial charge in [-0.3, -0.25) is 4.99 Å². The van der Waals surface area contributed by atoms with E-state index in [1.54, 1.807) is 18.5 Å². The van der Waals surface area contributed by atoms with E-state index in [0.29, 0.717) is 29.9 Å². The summed E-state index contributed by atoms with van der Waals surface area (Å²) in [5.41, 5.74) is 6.96. The Labute approximate surface area is 243 Å². The van der Waals surface area contributed by atoms with Crippen molar-refractivity contribution in [3.05, 3.63) is 132 Å². The minimum Gasteiger partial charge on any atom is -0.386 e.